The average molecular weight is 540 g/mol. The van der Waals surface area contributed by atoms with Crippen molar-refractivity contribution in [3.63, 3.8) is 0 Å². The summed E-state index contributed by atoms with van der Waals surface area (Å²) in [6, 6.07) is 0. The normalized spacial score (nSPS) is 14.6. The molecule has 0 unspecified atom stereocenters. The fourth-order valence-corrected chi connectivity index (χ4v) is 5.15. The van der Waals surface area contributed by atoms with Crippen LogP contribution in [0.5, 0.6) is 0 Å². The Morgan fingerprint density at radius 2 is 0.933 bits per heavy atom. The molecule has 0 nitrogen and oxygen atoms in total. The van der Waals surface area contributed by atoms with Crippen molar-refractivity contribution in [3.05, 3.63) is 60.7 Å². The van der Waals surface area contributed by atoms with Gasteiger partial charge in [0.15, 0.2) is 0 Å². The van der Waals surface area contributed by atoms with Crippen molar-refractivity contribution in [3.8, 4) is 0 Å². The first kappa shape index (κ1) is 41.2. The van der Waals surface area contributed by atoms with Crippen LogP contribution in [0.4, 0.5) is 0 Å². The summed E-state index contributed by atoms with van der Waals surface area (Å²) >= 11 is 2.03. The van der Waals surface area contributed by atoms with Gasteiger partial charge in [0.2, 0.25) is 0 Å². The summed E-state index contributed by atoms with van der Waals surface area (Å²) in [5, 5.41) is 3.04. The SMILES string of the molecule is CC(C)C1=CC([Si](C)(C)C)=[C-]C1.CC(C)C1=CC([Si](C)(C)C)=[C-]C1.Cl.Cl.[CH3-].[CH3-].[SiH2]=[Ti]. The van der Waals surface area contributed by atoms with E-state index < -0.39 is 16.1 Å². The Hall–Kier alpha value is 0.905. The zero-order valence-corrected chi connectivity index (χ0v) is 28.4. The van der Waals surface area contributed by atoms with Crippen LogP contribution in [0.15, 0.2) is 33.7 Å². The molecule has 0 amide bonds. The van der Waals surface area contributed by atoms with Crippen LogP contribution >= 0.6 is 24.8 Å². The van der Waals surface area contributed by atoms with Crippen LogP contribution in [0.2, 0.25) is 39.3 Å². The third-order valence-corrected chi connectivity index (χ3v) is 8.60. The van der Waals surface area contributed by atoms with Crippen LogP contribution < -0.4 is 0 Å². The summed E-state index contributed by atoms with van der Waals surface area (Å²) in [5.74, 6) is 1.40. The molecule has 178 valence electrons. The van der Waals surface area contributed by atoms with Gasteiger partial charge in [0, 0.05) is 16.1 Å². The van der Waals surface area contributed by atoms with Crippen LogP contribution in [-0.4, -0.2) is 23.8 Å². The molecule has 0 aliphatic heterocycles. The molecule has 6 heteroatoms. The van der Waals surface area contributed by atoms with Gasteiger partial charge >= 0.3 is 26.8 Å². The van der Waals surface area contributed by atoms with Gasteiger partial charge in [0.25, 0.3) is 0 Å². The summed E-state index contributed by atoms with van der Waals surface area (Å²) in [6.45, 7) is 23.4. The van der Waals surface area contributed by atoms with Crippen LogP contribution in [0.3, 0.4) is 0 Å². The zero-order chi connectivity index (χ0) is 20.7. The Kier molecular flexibility index (Phi) is 25.2. The molecule has 0 aromatic rings. The molecular formula is C24H48Cl2Si3Ti-4. The Balaban J connectivity index is -0.000000114. The van der Waals surface area contributed by atoms with E-state index >= 15 is 0 Å². The van der Waals surface area contributed by atoms with E-state index in [1.54, 1.807) is 11.1 Å². The molecule has 0 aromatic heterocycles. The van der Waals surface area contributed by atoms with Crippen LogP contribution in [-0.2, 0) is 19.2 Å². The van der Waals surface area contributed by atoms with Gasteiger partial charge in [-0.1, -0.05) is 67.0 Å². The second kappa shape index (κ2) is 18.3. The van der Waals surface area contributed by atoms with E-state index in [0.29, 0.717) is 11.8 Å². The van der Waals surface area contributed by atoms with Crippen LogP contribution in [0, 0.1) is 38.8 Å². The minimum absolute atomic E-state index is 0. The van der Waals surface area contributed by atoms with E-state index in [9.17, 15) is 0 Å². The molecule has 2 rings (SSSR count). The van der Waals surface area contributed by atoms with Gasteiger partial charge < -0.3 is 14.9 Å². The Labute approximate surface area is 218 Å². The minimum atomic E-state index is -1.08. The van der Waals surface area contributed by atoms with Crippen LogP contribution in [0.1, 0.15) is 40.5 Å². The van der Waals surface area contributed by atoms with Gasteiger partial charge in [0.05, 0.1) is 0 Å². The molecular weight excluding hydrogens is 491 g/mol. The standard InChI is InChI=1S/2C11H19Si.2CH3.2ClH.H2Si.Ti/c2*1-9(2)10-6-7-11(8-10)12(3,4)5;;;;;;/h2*8-9H,6H2,1-5H3;2*1H3;2*1H;1H2;/q4*-1;;;;. The van der Waals surface area contributed by atoms with Crippen molar-refractivity contribution >= 4 is 48.6 Å². The van der Waals surface area contributed by atoms with E-state index in [1.807, 2.05) is 26.8 Å². The Morgan fingerprint density at radius 3 is 1.03 bits per heavy atom. The van der Waals surface area contributed by atoms with Crippen molar-refractivity contribution < 1.29 is 19.2 Å². The van der Waals surface area contributed by atoms with Crippen molar-refractivity contribution in [2.24, 2.45) is 11.8 Å². The van der Waals surface area contributed by atoms with E-state index in [-0.39, 0.29) is 39.7 Å². The number of halogens is 2. The predicted molar refractivity (Wildman–Crippen MR) is 151 cm³/mol. The molecule has 0 atom stereocenters. The summed E-state index contributed by atoms with van der Waals surface area (Å²) in [5.41, 5.74) is 3.12. The van der Waals surface area contributed by atoms with E-state index in [1.165, 1.54) is 10.4 Å². The summed E-state index contributed by atoms with van der Waals surface area (Å²) in [7, 11) is -0.304. The van der Waals surface area contributed by atoms with Gasteiger partial charge in [-0.3, -0.25) is 12.2 Å². The zero-order valence-electron chi connectivity index (χ0n) is 21.7. The fourth-order valence-electron chi connectivity index (χ4n) is 2.67. The first-order chi connectivity index (χ1) is 11.8. The molecule has 0 saturated heterocycles. The predicted octanol–water partition coefficient (Wildman–Crippen LogP) is 7.98. The van der Waals surface area contributed by atoms with Gasteiger partial charge in [-0.05, 0) is 11.8 Å². The fraction of sp³-hybridized carbons (Fsp3) is 0.583. The van der Waals surface area contributed by atoms with Crippen LogP contribution in [0.25, 0.3) is 0 Å². The monoisotopic (exact) mass is 538 g/mol. The third kappa shape index (κ3) is 14.9. The molecule has 2 aliphatic carbocycles. The molecule has 0 spiro atoms. The average Bonchev–Trinajstić information content (AvgIpc) is 3.18. The molecule has 0 radical (unpaired) electrons. The molecule has 30 heavy (non-hydrogen) atoms. The first-order valence-electron chi connectivity index (χ1n) is 9.81. The first-order valence-corrected chi connectivity index (χ1v) is 20.8. The number of hydrogen-bond acceptors (Lipinski definition) is 0. The maximum atomic E-state index is 3.51. The number of hydrogen-bond donors (Lipinski definition) is 0. The van der Waals surface area contributed by atoms with Crippen molar-refractivity contribution in [2.75, 3.05) is 0 Å². The molecule has 0 saturated carbocycles. The van der Waals surface area contributed by atoms with Gasteiger partial charge in [-0.15, -0.1) is 37.7 Å². The summed E-state index contributed by atoms with van der Waals surface area (Å²) in [6.07, 6.45) is 14.0. The maximum absolute atomic E-state index is 3.51. The van der Waals surface area contributed by atoms with E-state index in [2.05, 4.69) is 91.3 Å². The second-order valence-corrected chi connectivity index (χ2v) is 19.9. The van der Waals surface area contributed by atoms with Crippen molar-refractivity contribution in [2.45, 2.75) is 79.8 Å². The Bertz CT molecular complexity index is 539. The number of allylic oxidation sites excluding steroid dienone is 8. The molecule has 2 aliphatic rings. The van der Waals surface area contributed by atoms with E-state index in [0.717, 1.165) is 12.8 Å². The molecule has 0 N–H and O–H groups in total. The number of rotatable bonds is 4. The van der Waals surface area contributed by atoms with Crippen molar-refractivity contribution in [1.82, 2.24) is 0 Å². The second-order valence-electron chi connectivity index (χ2n) is 9.78. The topological polar surface area (TPSA) is 0 Å². The summed E-state index contributed by atoms with van der Waals surface area (Å²) < 4.78 is 0. The van der Waals surface area contributed by atoms with Gasteiger partial charge in [-0.2, -0.15) is 11.1 Å². The van der Waals surface area contributed by atoms with E-state index in [4.69, 9.17) is 0 Å². The quantitative estimate of drug-likeness (QED) is 0.251. The molecule has 0 fully saturated rings. The molecule has 0 bridgehead atoms. The van der Waals surface area contributed by atoms with Crippen molar-refractivity contribution in [1.29, 1.82) is 0 Å². The molecule has 0 aromatic carbocycles. The van der Waals surface area contributed by atoms with Gasteiger partial charge in [0.1, 0.15) is 0 Å². The summed E-state index contributed by atoms with van der Waals surface area (Å²) in [4.78, 5) is 0. The Morgan fingerprint density at radius 1 is 0.700 bits per heavy atom. The molecule has 0 heterocycles. The van der Waals surface area contributed by atoms with Gasteiger partial charge in [-0.25, -0.2) is 22.5 Å². The third-order valence-electron chi connectivity index (χ3n) is 4.72.